The van der Waals surface area contributed by atoms with Gasteiger partial charge in [0, 0.05) is 11.1 Å². The predicted octanol–water partition coefficient (Wildman–Crippen LogP) is 3.94. The summed E-state index contributed by atoms with van der Waals surface area (Å²) in [6.07, 6.45) is 2.79. The molecule has 22 heavy (non-hydrogen) atoms. The summed E-state index contributed by atoms with van der Waals surface area (Å²) >= 11 is 0. The van der Waals surface area contributed by atoms with Crippen LogP contribution in [0.15, 0.2) is 78.3 Å². The molecule has 0 spiro atoms. The van der Waals surface area contributed by atoms with Crippen LogP contribution in [0.2, 0.25) is 0 Å². The molecule has 0 bridgehead atoms. The Kier molecular flexibility index (Phi) is 5.66. The predicted molar refractivity (Wildman–Crippen MR) is 89.4 cm³/mol. The number of allylic oxidation sites excluding steroid dienone is 1. The van der Waals surface area contributed by atoms with Crippen LogP contribution < -0.4 is 0 Å². The lowest BCUT2D eigenvalue weighted by atomic mass is 10.0. The summed E-state index contributed by atoms with van der Waals surface area (Å²) in [6, 6.07) is 18.6. The Balaban J connectivity index is 2.45. The smallest absolute Gasteiger partial charge is 0.328 e. The second-order valence-electron chi connectivity index (χ2n) is 4.93. The Morgan fingerprint density at radius 2 is 1.55 bits per heavy atom. The number of benzene rings is 2. The van der Waals surface area contributed by atoms with Crippen molar-refractivity contribution in [1.29, 1.82) is 0 Å². The fourth-order valence-electron chi connectivity index (χ4n) is 2.18. The van der Waals surface area contributed by atoms with Crippen molar-refractivity contribution in [1.82, 2.24) is 0 Å². The van der Waals surface area contributed by atoms with Gasteiger partial charge in [-0.1, -0.05) is 66.7 Å². The molecule has 112 valence electrons. The van der Waals surface area contributed by atoms with Gasteiger partial charge in [0.05, 0.1) is 5.71 Å². The minimum Gasteiger partial charge on any atom is -0.480 e. The second kappa shape index (κ2) is 7.93. The second-order valence-corrected chi connectivity index (χ2v) is 4.93. The first-order valence-corrected chi connectivity index (χ1v) is 7.24. The van der Waals surface area contributed by atoms with Gasteiger partial charge in [0.2, 0.25) is 0 Å². The van der Waals surface area contributed by atoms with Gasteiger partial charge in [0.15, 0.2) is 0 Å². The maximum Gasteiger partial charge on any atom is 0.328 e. The highest BCUT2D eigenvalue weighted by atomic mass is 16.4. The Bertz CT molecular complexity index is 606. The Morgan fingerprint density at radius 1 is 1.05 bits per heavy atom. The molecule has 0 saturated carbocycles. The number of nitrogens with zero attached hydrogens (tertiary/aromatic N) is 1. The molecule has 1 N–H and O–H groups in total. The molecule has 1 unspecified atom stereocenters. The van der Waals surface area contributed by atoms with Crippen LogP contribution in [0.25, 0.3) is 0 Å². The zero-order chi connectivity index (χ0) is 15.8. The summed E-state index contributed by atoms with van der Waals surface area (Å²) in [4.78, 5) is 16.0. The van der Waals surface area contributed by atoms with Crippen molar-refractivity contribution in [3.8, 4) is 0 Å². The fourth-order valence-corrected chi connectivity index (χ4v) is 2.18. The Hall–Kier alpha value is -2.68. The number of aliphatic carboxylic acids is 1. The van der Waals surface area contributed by atoms with Gasteiger partial charge >= 0.3 is 5.97 Å². The highest BCUT2D eigenvalue weighted by Gasteiger charge is 2.17. The Morgan fingerprint density at radius 3 is 1.95 bits per heavy atom. The maximum absolute atomic E-state index is 11.5. The highest BCUT2D eigenvalue weighted by molar-refractivity contribution is 6.13. The van der Waals surface area contributed by atoms with E-state index in [1.165, 1.54) is 0 Å². The highest BCUT2D eigenvalue weighted by Crippen LogP contribution is 2.14. The molecule has 0 fully saturated rings. The van der Waals surface area contributed by atoms with Crippen LogP contribution in [-0.4, -0.2) is 22.8 Å². The molecule has 2 rings (SSSR count). The lowest BCUT2D eigenvalue weighted by Crippen LogP contribution is -2.20. The minimum absolute atomic E-state index is 0.446. The van der Waals surface area contributed by atoms with Crippen molar-refractivity contribution in [2.45, 2.75) is 18.9 Å². The summed E-state index contributed by atoms with van der Waals surface area (Å²) < 4.78 is 0. The van der Waals surface area contributed by atoms with Gasteiger partial charge in [-0.05, 0) is 12.8 Å². The molecule has 0 aliphatic heterocycles. The molecule has 0 aromatic heterocycles. The molecule has 2 aromatic rings. The van der Waals surface area contributed by atoms with Gasteiger partial charge in [0.1, 0.15) is 6.04 Å². The van der Waals surface area contributed by atoms with E-state index < -0.39 is 12.0 Å². The summed E-state index contributed by atoms with van der Waals surface area (Å²) in [6.45, 7) is 3.65. The van der Waals surface area contributed by atoms with Crippen molar-refractivity contribution in [2.75, 3.05) is 0 Å². The van der Waals surface area contributed by atoms with E-state index in [1.807, 2.05) is 60.7 Å². The molecule has 0 amide bonds. The third kappa shape index (κ3) is 4.16. The van der Waals surface area contributed by atoms with E-state index >= 15 is 0 Å². The average molecular weight is 293 g/mol. The SMILES string of the molecule is C=CCCC(N=C(c1ccccc1)c1ccccc1)C(=O)O. The third-order valence-corrected chi connectivity index (χ3v) is 3.31. The first-order valence-electron chi connectivity index (χ1n) is 7.24. The van der Waals surface area contributed by atoms with E-state index in [9.17, 15) is 9.90 Å². The van der Waals surface area contributed by atoms with Crippen molar-refractivity contribution in [2.24, 2.45) is 4.99 Å². The van der Waals surface area contributed by atoms with E-state index in [-0.39, 0.29) is 0 Å². The number of hydrogen-bond donors (Lipinski definition) is 1. The van der Waals surface area contributed by atoms with E-state index in [4.69, 9.17) is 0 Å². The number of carbonyl (C=O) groups is 1. The van der Waals surface area contributed by atoms with Gasteiger partial charge in [-0.2, -0.15) is 0 Å². The molecular weight excluding hydrogens is 274 g/mol. The van der Waals surface area contributed by atoms with E-state index in [0.29, 0.717) is 18.6 Å². The summed E-state index contributed by atoms with van der Waals surface area (Å²) in [5, 5.41) is 9.40. The van der Waals surface area contributed by atoms with Crippen LogP contribution in [0.1, 0.15) is 24.0 Å². The zero-order valence-electron chi connectivity index (χ0n) is 12.4. The lowest BCUT2D eigenvalue weighted by molar-refractivity contribution is -0.138. The molecule has 3 nitrogen and oxygen atoms in total. The van der Waals surface area contributed by atoms with Crippen molar-refractivity contribution < 1.29 is 9.90 Å². The fraction of sp³-hybridized carbons (Fsp3) is 0.158. The standard InChI is InChI=1S/C19H19NO2/c1-2-3-14-17(19(21)22)20-18(15-10-6-4-7-11-15)16-12-8-5-9-13-16/h2,4-13,17H,1,3,14H2,(H,21,22). The lowest BCUT2D eigenvalue weighted by Gasteiger charge is -2.12. The number of aliphatic imine (C=N–C) groups is 1. The van der Waals surface area contributed by atoms with Gasteiger partial charge in [0.25, 0.3) is 0 Å². The Labute approximate surface area is 130 Å². The van der Waals surface area contributed by atoms with Crippen LogP contribution in [0, 0.1) is 0 Å². The molecule has 0 aliphatic rings. The molecule has 0 heterocycles. The number of carboxylic acid groups (broad SMARTS) is 1. The summed E-state index contributed by atoms with van der Waals surface area (Å²) in [5.74, 6) is -0.911. The first-order chi connectivity index (χ1) is 10.7. The largest absolute Gasteiger partial charge is 0.480 e. The van der Waals surface area contributed by atoms with Gasteiger partial charge in [-0.25, -0.2) is 4.79 Å². The van der Waals surface area contributed by atoms with Crippen LogP contribution in [0.5, 0.6) is 0 Å². The van der Waals surface area contributed by atoms with Crippen LogP contribution in [0.4, 0.5) is 0 Å². The van der Waals surface area contributed by atoms with Crippen molar-refractivity contribution in [3.63, 3.8) is 0 Å². The molecule has 3 heteroatoms. The molecule has 1 atom stereocenters. The van der Waals surface area contributed by atoms with Gasteiger partial charge < -0.3 is 5.11 Å². The van der Waals surface area contributed by atoms with E-state index in [0.717, 1.165) is 11.1 Å². The van der Waals surface area contributed by atoms with Crippen LogP contribution in [-0.2, 0) is 4.79 Å². The van der Waals surface area contributed by atoms with Crippen LogP contribution in [0.3, 0.4) is 0 Å². The summed E-state index contributed by atoms with van der Waals surface area (Å²) in [5.41, 5.74) is 2.54. The quantitative estimate of drug-likeness (QED) is 0.621. The molecule has 2 aromatic carbocycles. The average Bonchev–Trinajstić information content (AvgIpc) is 2.56. The van der Waals surface area contributed by atoms with E-state index in [1.54, 1.807) is 6.08 Å². The molecule has 0 saturated heterocycles. The third-order valence-electron chi connectivity index (χ3n) is 3.31. The number of hydrogen-bond acceptors (Lipinski definition) is 2. The molecule has 0 aliphatic carbocycles. The van der Waals surface area contributed by atoms with Crippen molar-refractivity contribution in [3.05, 3.63) is 84.4 Å². The van der Waals surface area contributed by atoms with Crippen LogP contribution >= 0.6 is 0 Å². The monoisotopic (exact) mass is 293 g/mol. The molecular formula is C19H19NO2. The first kappa shape index (κ1) is 15.7. The zero-order valence-corrected chi connectivity index (χ0v) is 12.4. The van der Waals surface area contributed by atoms with E-state index in [2.05, 4.69) is 11.6 Å². The van der Waals surface area contributed by atoms with Crippen molar-refractivity contribution >= 4 is 11.7 Å². The minimum atomic E-state index is -0.911. The maximum atomic E-state index is 11.5. The number of rotatable bonds is 7. The number of carboxylic acids is 1. The summed E-state index contributed by atoms with van der Waals surface area (Å²) in [7, 11) is 0. The van der Waals surface area contributed by atoms with Gasteiger partial charge in [-0.3, -0.25) is 4.99 Å². The van der Waals surface area contributed by atoms with Gasteiger partial charge in [-0.15, -0.1) is 6.58 Å². The molecule has 0 radical (unpaired) electrons. The topological polar surface area (TPSA) is 49.7 Å². The normalized spacial score (nSPS) is 11.5.